The molecule has 1 N–H and O–H groups in total. The molecule has 0 spiro atoms. The Hall–Kier alpha value is -2.98. The van der Waals surface area contributed by atoms with Crippen LogP contribution in [-0.4, -0.2) is 42.9 Å². The molecule has 5 rings (SSSR count). The molecular weight excluding hydrogens is 482 g/mol. The van der Waals surface area contributed by atoms with E-state index in [-0.39, 0.29) is 17.6 Å². The molecule has 39 heavy (non-hydrogen) atoms. The van der Waals surface area contributed by atoms with Crippen molar-refractivity contribution in [3.63, 3.8) is 0 Å². The van der Waals surface area contributed by atoms with E-state index in [1.165, 1.54) is 88.5 Å². The van der Waals surface area contributed by atoms with Crippen LogP contribution in [0.25, 0.3) is 0 Å². The summed E-state index contributed by atoms with van der Waals surface area (Å²) in [5.41, 5.74) is 3.63. The van der Waals surface area contributed by atoms with Crippen molar-refractivity contribution < 1.29 is 14.6 Å². The van der Waals surface area contributed by atoms with Crippen LogP contribution in [0.5, 0.6) is 17.2 Å². The minimum atomic E-state index is 0.158. The lowest BCUT2D eigenvalue weighted by molar-refractivity contribution is 0.247. The Morgan fingerprint density at radius 1 is 0.744 bits per heavy atom. The lowest BCUT2D eigenvalue weighted by Gasteiger charge is -2.34. The predicted octanol–water partition coefficient (Wildman–Crippen LogP) is 8.30. The van der Waals surface area contributed by atoms with Gasteiger partial charge in [0.1, 0.15) is 17.2 Å². The van der Waals surface area contributed by atoms with Crippen molar-refractivity contribution >= 4 is 0 Å². The van der Waals surface area contributed by atoms with Crippen molar-refractivity contribution in [2.45, 2.75) is 76.0 Å². The summed E-state index contributed by atoms with van der Waals surface area (Å²) in [4.78, 5) is 2.63. The molecule has 1 saturated heterocycles. The van der Waals surface area contributed by atoms with Gasteiger partial charge in [0.05, 0.1) is 13.2 Å². The largest absolute Gasteiger partial charge is 0.508 e. The summed E-state index contributed by atoms with van der Waals surface area (Å²) < 4.78 is 12.2. The molecule has 0 aromatic heterocycles. The SMILES string of the molecule is Oc1ccc2c(c1)OC[C@@H](c1ccccc1)[C@H]2c1ccc(OCCCCCCCCCCN2CCCC2)cc1. The molecule has 0 radical (unpaired) electrons. The van der Waals surface area contributed by atoms with Gasteiger partial charge in [-0.25, -0.2) is 0 Å². The molecule has 2 aliphatic rings. The van der Waals surface area contributed by atoms with E-state index >= 15 is 0 Å². The minimum Gasteiger partial charge on any atom is -0.508 e. The number of benzene rings is 3. The summed E-state index contributed by atoms with van der Waals surface area (Å²) in [5, 5.41) is 9.99. The predicted molar refractivity (Wildman–Crippen MR) is 159 cm³/mol. The fourth-order valence-electron chi connectivity index (χ4n) is 6.26. The van der Waals surface area contributed by atoms with E-state index in [9.17, 15) is 5.11 Å². The molecule has 3 aromatic rings. The third-order valence-electron chi connectivity index (χ3n) is 8.46. The molecule has 0 aliphatic carbocycles. The van der Waals surface area contributed by atoms with E-state index in [1.54, 1.807) is 12.1 Å². The Kier molecular flexibility index (Phi) is 10.2. The Balaban J connectivity index is 1.05. The summed E-state index contributed by atoms with van der Waals surface area (Å²) in [5.74, 6) is 2.31. The summed E-state index contributed by atoms with van der Waals surface area (Å²) in [6.45, 7) is 5.34. The maximum Gasteiger partial charge on any atom is 0.126 e. The van der Waals surface area contributed by atoms with Crippen LogP contribution in [0.3, 0.4) is 0 Å². The van der Waals surface area contributed by atoms with E-state index in [1.807, 2.05) is 6.07 Å². The summed E-state index contributed by atoms with van der Waals surface area (Å²) in [6.07, 6.45) is 13.4. The Bertz CT molecular complexity index is 1120. The second-order valence-electron chi connectivity index (χ2n) is 11.3. The average Bonchev–Trinajstić information content (AvgIpc) is 3.50. The van der Waals surface area contributed by atoms with Crippen molar-refractivity contribution in [1.82, 2.24) is 4.90 Å². The summed E-state index contributed by atoms with van der Waals surface area (Å²) in [6, 6.07) is 24.7. The van der Waals surface area contributed by atoms with E-state index in [0.717, 1.165) is 30.1 Å². The molecule has 4 heteroatoms. The average molecular weight is 528 g/mol. The fourth-order valence-corrected chi connectivity index (χ4v) is 6.26. The van der Waals surface area contributed by atoms with Crippen LogP contribution in [0.2, 0.25) is 0 Å². The van der Waals surface area contributed by atoms with Gasteiger partial charge in [-0.2, -0.15) is 0 Å². The minimum absolute atomic E-state index is 0.158. The number of hydrogen-bond acceptors (Lipinski definition) is 4. The molecule has 0 unspecified atom stereocenters. The van der Waals surface area contributed by atoms with Gasteiger partial charge in [-0.15, -0.1) is 0 Å². The molecule has 0 amide bonds. The van der Waals surface area contributed by atoms with Crippen molar-refractivity contribution in [1.29, 1.82) is 0 Å². The number of ether oxygens (including phenoxy) is 2. The second kappa shape index (κ2) is 14.4. The monoisotopic (exact) mass is 527 g/mol. The number of phenolic OH excluding ortho intramolecular Hbond substituents is 1. The van der Waals surface area contributed by atoms with Crippen LogP contribution in [0.15, 0.2) is 72.8 Å². The smallest absolute Gasteiger partial charge is 0.126 e. The zero-order valence-electron chi connectivity index (χ0n) is 23.4. The maximum absolute atomic E-state index is 9.99. The zero-order valence-corrected chi connectivity index (χ0v) is 23.4. The standard InChI is InChI=1S/C35H45NO3/c37-30-18-21-32-34(26-30)39-27-33(28-14-8-7-9-15-28)35(32)29-16-19-31(20-17-29)38-25-13-6-4-2-1-3-5-10-22-36-23-11-12-24-36/h7-9,14-21,26,33,35,37H,1-6,10-13,22-25,27H2/t33-,35-/m0/s1. The van der Waals surface area contributed by atoms with Crippen LogP contribution >= 0.6 is 0 Å². The van der Waals surface area contributed by atoms with E-state index in [0.29, 0.717) is 6.61 Å². The van der Waals surface area contributed by atoms with E-state index in [4.69, 9.17) is 9.47 Å². The van der Waals surface area contributed by atoms with Gasteiger partial charge in [-0.1, -0.05) is 87.1 Å². The zero-order chi connectivity index (χ0) is 26.7. The third-order valence-corrected chi connectivity index (χ3v) is 8.46. The number of hydrogen-bond donors (Lipinski definition) is 1. The maximum atomic E-state index is 9.99. The van der Waals surface area contributed by atoms with Crippen molar-refractivity contribution in [2.75, 3.05) is 32.8 Å². The Morgan fingerprint density at radius 3 is 2.18 bits per heavy atom. The molecule has 2 atom stereocenters. The number of phenols is 1. The molecule has 0 bridgehead atoms. The number of unbranched alkanes of at least 4 members (excludes halogenated alkanes) is 7. The van der Waals surface area contributed by atoms with Gasteiger partial charge < -0.3 is 19.5 Å². The van der Waals surface area contributed by atoms with Crippen molar-refractivity contribution in [3.05, 3.63) is 89.5 Å². The van der Waals surface area contributed by atoms with Crippen LogP contribution < -0.4 is 9.47 Å². The number of fused-ring (bicyclic) bond motifs is 1. The van der Waals surface area contributed by atoms with Gasteiger partial charge in [0.25, 0.3) is 0 Å². The first-order chi connectivity index (χ1) is 19.3. The molecule has 1 fully saturated rings. The Labute approximate surface area is 235 Å². The Morgan fingerprint density at radius 2 is 1.44 bits per heavy atom. The van der Waals surface area contributed by atoms with Crippen molar-refractivity contribution in [3.8, 4) is 17.2 Å². The number of nitrogens with zero attached hydrogens (tertiary/aromatic N) is 1. The van der Waals surface area contributed by atoms with Gasteiger partial charge in [-0.05, 0) is 74.6 Å². The van der Waals surface area contributed by atoms with Crippen LogP contribution in [0, 0.1) is 0 Å². The first-order valence-corrected chi connectivity index (χ1v) is 15.2. The molecule has 2 aliphatic heterocycles. The number of rotatable bonds is 14. The van der Waals surface area contributed by atoms with Crippen LogP contribution in [-0.2, 0) is 0 Å². The molecule has 4 nitrogen and oxygen atoms in total. The highest BCUT2D eigenvalue weighted by atomic mass is 16.5. The van der Waals surface area contributed by atoms with Crippen LogP contribution in [0.4, 0.5) is 0 Å². The highest BCUT2D eigenvalue weighted by molar-refractivity contribution is 5.50. The fraction of sp³-hybridized carbons (Fsp3) is 0.486. The summed E-state index contributed by atoms with van der Waals surface area (Å²) >= 11 is 0. The first-order valence-electron chi connectivity index (χ1n) is 15.2. The molecular formula is C35H45NO3. The van der Waals surface area contributed by atoms with Crippen molar-refractivity contribution in [2.24, 2.45) is 0 Å². The molecule has 208 valence electrons. The van der Waals surface area contributed by atoms with E-state index < -0.39 is 0 Å². The van der Waals surface area contributed by atoms with Gasteiger partial charge in [0.15, 0.2) is 0 Å². The van der Waals surface area contributed by atoms with Gasteiger partial charge in [0.2, 0.25) is 0 Å². The number of aromatic hydroxyl groups is 1. The van der Waals surface area contributed by atoms with Gasteiger partial charge in [0, 0.05) is 23.5 Å². The lowest BCUT2D eigenvalue weighted by atomic mass is 9.76. The molecule has 3 aromatic carbocycles. The normalized spacial score (nSPS) is 19.0. The molecule has 2 heterocycles. The quantitative estimate of drug-likeness (QED) is 0.214. The second-order valence-corrected chi connectivity index (χ2v) is 11.3. The third kappa shape index (κ3) is 7.79. The van der Waals surface area contributed by atoms with Gasteiger partial charge in [-0.3, -0.25) is 0 Å². The topological polar surface area (TPSA) is 41.9 Å². The van der Waals surface area contributed by atoms with Crippen LogP contribution in [0.1, 0.15) is 92.7 Å². The number of likely N-dealkylation sites (tertiary alicyclic amines) is 1. The van der Waals surface area contributed by atoms with Gasteiger partial charge >= 0.3 is 0 Å². The first kappa shape index (κ1) is 27.6. The molecule has 0 saturated carbocycles. The highest BCUT2D eigenvalue weighted by Gasteiger charge is 2.33. The lowest BCUT2D eigenvalue weighted by Crippen LogP contribution is -2.25. The van der Waals surface area contributed by atoms with E-state index in [2.05, 4.69) is 59.5 Å². The highest BCUT2D eigenvalue weighted by Crippen LogP contribution is 2.47. The summed E-state index contributed by atoms with van der Waals surface area (Å²) in [7, 11) is 0.